The lowest BCUT2D eigenvalue weighted by Crippen LogP contribution is -2.00. The van der Waals surface area contributed by atoms with E-state index in [1.807, 2.05) is 72.8 Å². The highest BCUT2D eigenvalue weighted by Crippen LogP contribution is 2.43. The van der Waals surface area contributed by atoms with Gasteiger partial charge in [0, 0.05) is 32.8 Å². The number of para-hydroxylation sites is 1. The summed E-state index contributed by atoms with van der Waals surface area (Å²) in [4.78, 5) is 14.9. The van der Waals surface area contributed by atoms with Gasteiger partial charge in [0.2, 0.25) is 0 Å². The molecule has 4 nitrogen and oxygen atoms in total. The Morgan fingerprint density at radius 2 is 0.955 bits per heavy atom. The number of benzene rings is 7. The van der Waals surface area contributed by atoms with Crippen molar-refractivity contribution in [3.05, 3.63) is 139 Å². The lowest BCUT2D eigenvalue weighted by Gasteiger charge is -2.14. The Labute approximate surface area is 253 Å². The quantitative estimate of drug-likeness (QED) is 0.201. The van der Waals surface area contributed by atoms with E-state index in [2.05, 4.69) is 67.6 Å². The molecule has 0 aliphatic carbocycles. The monoisotopic (exact) mass is 563 g/mol. The van der Waals surface area contributed by atoms with Gasteiger partial charge in [0.1, 0.15) is 11.2 Å². The molecule has 0 bridgehead atoms. The molecule has 0 N–H and O–H groups in total. The van der Waals surface area contributed by atoms with Gasteiger partial charge in [-0.3, -0.25) is 0 Å². The molecular weight excluding hydrogens is 538 g/mol. The smallest absolute Gasteiger partial charge is 0.164 e. The normalized spacial score (nSPS) is 11.8. The van der Waals surface area contributed by atoms with Crippen LogP contribution in [0.3, 0.4) is 0 Å². The fraction of sp³-hybridized carbons (Fsp3) is 0.0250. The van der Waals surface area contributed by atoms with Crippen LogP contribution in [0.1, 0.15) is 5.56 Å². The Bertz CT molecular complexity index is 2490. The van der Waals surface area contributed by atoms with Gasteiger partial charge >= 0.3 is 0 Å². The lowest BCUT2D eigenvalue weighted by molar-refractivity contribution is 0.669. The second-order valence-electron chi connectivity index (χ2n) is 11.3. The topological polar surface area (TPSA) is 51.8 Å². The summed E-state index contributed by atoms with van der Waals surface area (Å²) in [7, 11) is 0. The molecule has 4 heteroatoms. The summed E-state index contributed by atoms with van der Waals surface area (Å²) in [6, 6.07) is 46.2. The van der Waals surface area contributed by atoms with Crippen molar-refractivity contribution < 1.29 is 4.42 Å². The molecule has 2 aromatic heterocycles. The van der Waals surface area contributed by atoms with Crippen LogP contribution in [0.15, 0.2) is 138 Å². The number of hydrogen-bond acceptors (Lipinski definition) is 4. The summed E-state index contributed by atoms with van der Waals surface area (Å²) >= 11 is 0. The van der Waals surface area contributed by atoms with Gasteiger partial charge in [0.15, 0.2) is 17.5 Å². The minimum atomic E-state index is 0.650. The molecule has 0 unspecified atom stereocenters. The highest BCUT2D eigenvalue weighted by molar-refractivity contribution is 6.34. The van der Waals surface area contributed by atoms with E-state index < -0.39 is 0 Å². The molecule has 44 heavy (non-hydrogen) atoms. The van der Waals surface area contributed by atoms with Crippen LogP contribution >= 0.6 is 0 Å². The molecule has 0 aliphatic rings. The zero-order valence-electron chi connectivity index (χ0n) is 24.0. The Morgan fingerprint density at radius 1 is 0.386 bits per heavy atom. The molecule has 7 aromatic carbocycles. The van der Waals surface area contributed by atoms with Crippen LogP contribution in [0.2, 0.25) is 0 Å². The maximum Gasteiger partial charge on any atom is 0.164 e. The first-order chi connectivity index (χ1) is 21.7. The average molecular weight is 564 g/mol. The predicted molar refractivity (Wildman–Crippen MR) is 181 cm³/mol. The van der Waals surface area contributed by atoms with Crippen LogP contribution in [0, 0.1) is 6.92 Å². The predicted octanol–water partition coefficient (Wildman–Crippen LogP) is 10.5. The second kappa shape index (κ2) is 9.58. The molecule has 0 fully saturated rings. The van der Waals surface area contributed by atoms with Crippen molar-refractivity contribution in [2.75, 3.05) is 0 Å². The van der Waals surface area contributed by atoms with Gasteiger partial charge in [-0.15, -0.1) is 0 Å². The maximum absolute atomic E-state index is 6.30. The van der Waals surface area contributed by atoms with Gasteiger partial charge < -0.3 is 4.42 Å². The van der Waals surface area contributed by atoms with Crippen LogP contribution in [0.25, 0.3) is 88.4 Å². The number of nitrogens with zero attached hydrogens (tertiary/aromatic N) is 3. The summed E-state index contributed by atoms with van der Waals surface area (Å²) in [5.74, 6) is 1.96. The SMILES string of the molecule is Cc1ccc2c(c1)c1cc(-c3nc(-c4ccccc4)nc(-c4ccccc4)n3)ccc1c1ccc3oc4ccccc4c3c12. The first-order valence-electron chi connectivity index (χ1n) is 14.8. The van der Waals surface area contributed by atoms with E-state index in [9.17, 15) is 0 Å². The molecule has 0 aliphatic heterocycles. The van der Waals surface area contributed by atoms with E-state index in [0.29, 0.717) is 17.5 Å². The van der Waals surface area contributed by atoms with Gasteiger partial charge in [-0.05, 0) is 58.1 Å². The van der Waals surface area contributed by atoms with Crippen molar-refractivity contribution in [3.8, 4) is 34.2 Å². The van der Waals surface area contributed by atoms with E-state index in [-0.39, 0.29) is 0 Å². The summed E-state index contributed by atoms with van der Waals surface area (Å²) in [5, 5.41) is 9.49. The van der Waals surface area contributed by atoms with Gasteiger partial charge in [-0.1, -0.05) is 115 Å². The molecule has 0 amide bonds. The number of aromatic nitrogens is 3. The highest BCUT2D eigenvalue weighted by Gasteiger charge is 2.18. The highest BCUT2D eigenvalue weighted by atomic mass is 16.3. The third kappa shape index (κ3) is 3.81. The van der Waals surface area contributed by atoms with Gasteiger partial charge in [0.05, 0.1) is 0 Å². The number of fused-ring (bicyclic) bond motifs is 10. The molecule has 2 heterocycles. The maximum atomic E-state index is 6.30. The Balaban J connectivity index is 1.35. The Hall–Kier alpha value is -5.87. The molecule has 0 spiro atoms. The molecular formula is C40H25N3O. The lowest BCUT2D eigenvalue weighted by atomic mass is 9.90. The number of rotatable bonds is 3. The molecule has 206 valence electrons. The number of furan rings is 1. The third-order valence-corrected chi connectivity index (χ3v) is 8.55. The largest absolute Gasteiger partial charge is 0.456 e. The third-order valence-electron chi connectivity index (χ3n) is 8.55. The van der Waals surface area contributed by atoms with Crippen molar-refractivity contribution in [2.45, 2.75) is 6.92 Å². The van der Waals surface area contributed by atoms with Crippen LogP contribution in [-0.2, 0) is 0 Å². The van der Waals surface area contributed by atoms with E-state index in [0.717, 1.165) is 38.6 Å². The van der Waals surface area contributed by atoms with E-state index >= 15 is 0 Å². The zero-order valence-corrected chi connectivity index (χ0v) is 24.0. The average Bonchev–Trinajstić information content (AvgIpc) is 3.47. The van der Waals surface area contributed by atoms with Crippen molar-refractivity contribution >= 4 is 54.3 Å². The fourth-order valence-corrected chi connectivity index (χ4v) is 6.50. The van der Waals surface area contributed by atoms with Gasteiger partial charge in [0.25, 0.3) is 0 Å². The Morgan fingerprint density at radius 3 is 1.68 bits per heavy atom. The van der Waals surface area contributed by atoms with E-state index in [1.54, 1.807) is 0 Å². The Kier molecular flexibility index (Phi) is 5.38. The van der Waals surface area contributed by atoms with Crippen LogP contribution in [-0.4, -0.2) is 15.0 Å². The fourth-order valence-electron chi connectivity index (χ4n) is 6.50. The minimum absolute atomic E-state index is 0.650. The van der Waals surface area contributed by atoms with Crippen molar-refractivity contribution in [1.29, 1.82) is 0 Å². The van der Waals surface area contributed by atoms with E-state index in [4.69, 9.17) is 19.4 Å². The van der Waals surface area contributed by atoms with Crippen LogP contribution in [0.5, 0.6) is 0 Å². The standard InChI is InChI=1S/C40H25N3O/c1-24-16-18-30-32(22-24)33-23-27(17-19-28(33)29-20-21-35-37(36(29)30)31-14-8-9-15-34(31)44-35)40-42-38(25-10-4-2-5-11-25)41-39(43-40)26-12-6-3-7-13-26/h2-23H,1H3. The summed E-state index contributed by atoms with van der Waals surface area (Å²) < 4.78 is 6.30. The molecule has 0 saturated heterocycles. The summed E-state index contributed by atoms with van der Waals surface area (Å²) in [6.07, 6.45) is 0. The van der Waals surface area contributed by atoms with Gasteiger partial charge in [-0.2, -0.15) is 0 Å². The molecule has 9 rings (SSSR count). The first-order valence-corrected chi connectivity index (χ1v) is 14.8. The summed E-state index contributed by atoms with van der Waals surface area (Å²) in [5.41, 5.74) is 5.89. The molecule has 0 atom stereocenters. The van der Waals surface area contributed by atoms with E-state index in [1.165, 1.54) is 37.9 Å². The van der Waals surface area contributed by atoms with Crippen molar-refractivity contribution in [1.82, 2.24) is 15.0 Å². The first kappa shape index (κ1) is 24.7. The van der Waals surface area contributed by atoms with Crippen LogP contribution < -0.4 is 0 Å². The minimum Gasteiger partial charge on any atom is -0.456 e. The van der Waals surface area contributed by atoms with Crippen molar-refractivity contribution in [2.24, 2.45) is 0 Å². The van der Waals surface area contributed by atoms with Crippen LogP contribution in [0.4, 0.5) is 0 Å². The van der Waals surface area contributed by atoms with Crippen molar-refractivity contribution in [3.63, 3.8) is 0 Å². The zero-order chi connectivity index (χ0) is 29.2. The van der Waals surface area contributed by atoms with Gasteiger partial charge in [-0.25, -0.2) is 15.0 Å². The molecule has 0 radical (unpaired) electrons. The number of hydrogen-bond donors (Lipinski definition) is 0. The molecule has 9 aromatic rings. The molecule has 0 saturated carbocycles. The second-order valence-corrected chi connectivity index (χ2v) is 11.3. The summed E-state index contributed by atoms with van der Waals surface area (Å²) in [6.45, 7) is 2.15. The number of aryl methyl sites for hydroxylation is 1.